The van der Waals surface area contributed by atoms with Crippen molar-refractivity contribution >= 4 is 21.9 Å². The monoisotopic (exact) mass is 351 g/mol. The van der Waals surface area contributed by atoms with E-state index in [2.05, 4.69) is 37.4 Å². The lowest BCUT2D eigenvalue weighted by molar-refractivity contribution is -0.139. The third-order valence-electron chi connectivity index (χ3n) is 3.94. The lowest BCUT2D eigenvalue weighted by Crippen LogP contribution is -2.08. The number of halogens is 1. The van der Waals surface area contributed by atoms with Crippen molar-refractivity contribution in [1.82, 2.24) is 0 Å². The van der Waals surface area contributed by atoms with Crippen LogP contribution in [-0.4, -0.2) is 17.9 Å². The Labute approximate surface area is 136 Å². The zero-order valence-electron chi connectivity index (χ0n) is 12.7. The predicted octanol–water partition coefficient (Wildman–Crippen LogP) is 4.34. The van der Waals surface area contributed by atoms with Crippen LogP contribution in [0.1, 0.15) is 46.0 Å². The van der Waals surface area contributed by atoms with E-state index in [4.69, 9.17) is 6.57 Å². The van der Waals surface area contributed by atoms with Crippen molar-refractivity contribution in [1.29, 1.82) is 0 Å². The van der Waals surface area contributed by atoms with Crippen molar-refractivity contribution in [3.8, 4) is 11.8 Å². The van der Waals surface area contributed by atoms with E-state index in [1.165, 1.54) is 44.6 Å². The van der Waals surface area contributed by atoms with Gasteiger partial charge in [-0.2, -0.15) is 0 Å². The lowest BCUT2D eigenvalue weighted by Gasteiger charge is -2.22. The lowest BCUT2D eigenvalue weighted by atomic mass is 9.84. The Bertz CT molecular complexity index is 479. The maximum Gasteiger partial charge on any atom is 0.303 e. The summed E-state index contributed by atoms with van der Waals surface area (Å²) in [5.41, 5.74) is 2.44. The topological polar surface area (TPSA) is 30.7 Å². The van der Waals surface area contributed by atoms with E-state index in [0.29, 0.717) is 5.33 Å². The number of rotatable bonds is 1. The molecule has 2 unspecified atom stereocenters. The van der Waals surface area contributed by atoms with E-state index in [1.54, 1.807) is 0 Å². The number of ether oxygens (including phenoxy) is 1. The van der Waals surface area contributed by atoms with E-state index in [9.17, 15) is 4.79 Å². The molecular weight excluding hydrogens is 330 g/mol. The van der Waals surface area contributed by atoms with Gasteiger partial charge in [-0.05, 0) is 50.9 Å². The maximum atomic E-state index is 10.1. The zero-order valence-corrected chi connectivity index (χ0v) is 14.3. The van der Waals surface area contributed by atoms with Gasteiger partial charge in [-0.15, -0.1) is 0 Å². The van der Waals surface area contributed by atoms with Gasteiger partial charge in [-0.1, -0.05) is 33.3 Å². The molecule has 0 aromatic carbocycles. The Balaban J connectivity index is 0.000000222. The number of alkyl halides is 1. The Hall–Kier alpha value is -1.26. The molecule has 0 aromatic heterocycles. The standard InChI is InChI=1S/C11H15N.C6H7BrO2/c1-8(12-2)11-6-9-3-4-10(5-9)7-11;1-6(8)9-5-3-2-4-7/h9-10H,3-7H2,1H3;4-5H2,1H3. The number of carbonyl (C=O) groups excluding carboxylic acids is 1. The predicted molar refractivity (Wildman–Crippen MR) is 87.6 cm³/mol. The summed E-state index contributed by atoms with van der Waals surface area (Å²) in [5.74, 6) is 6.88. The van der Waals surface area contributed by atoms with Crippen molar-refractivity contribution in [2.75, 3.05) is 11.9 Å². The highest BCUT2D eigenvalue weighted by Crippen LogP contribution is 2.45. The molecule has 2 fully saturated rings. The van der Waals surface area contributed by atoms with Crippen LogP contribution < -0.4 is 0 Å². The molecule has 3 nitrogen and oxygen atoms in total. The Kier molecular flexibility index (Phi) is 8.16. The van der Waals surface area contributed by atoms with Gasteiger partial charge >= 0.3 is 5.97 Å². The van der Waals surface area contributed by atoms with Crippen LogP contribution in [0.4, 0.5) is 0 Å². The van der Waals surface area contributed by atoms with Crippen molar-refractivity contribution in [2.24, 2.45) is 11.8 Å². The molecule has 114 valence electrons. The minimum absolute atomic E-state index is 0.195. The Morgan fingerprint density at radius 2 is 1.95 bits per heavy atom. The molecule has 2 saturated carbocycles. The van der Waals surface area contributed by atoms with E-state index in [-0.39, 0.29) is 12.6 Å². The van der Waals surface area contributed by atoms with Crippen molar-refractivity contribution < 1.29 is 9.53 Å². The number of hydrogen-bond acceptors (Lipinski definition) is 2. The average molecular weight is 352 g/mol. The number of carbonyl (C=O) groups is 1. The van der Waals surface area contributed by atoms with Gasteiger partial charge in [-0.25, -0.2) is 4.85 Å². The summed E-state index contributed by atoms with van der Waals surface area (Å²) in [5, 5.41) is 0.619. The second-order valence-electron chi connectivity index (χ2n) is 5.52. The molecule has 0 radical (unpaired) electrons. The highest BCUT2D eigenvalue weighted by atomic mass is 79.9. The summed E-state index contributed by atoms with van der Waals surface area (Å²) >= 11 is 3.10. The van der Waals surface area contributed by atoms with Crippen LogP contribution in [0.25, 0.3) is 4.85 Å². The largest absolute Gasteiger partial charge is 0.453 e. The molecule has 0 spiro atoms. The minimum atomic E-state index is -0.293. The van der Waals surface area contributed by atoms with Crippen LogP contribution in [-0.2, 0) is 9.53 Å². The number of nitrogens with zero attached hydrogens (tertiary/aromatic N) is 1. The molecule has 0 heterocycles. The van der Waals surface area contributed by atoms with E-state index < -0.39 is 0 Å². The highest BCUT2D eigenvalue weighted by molar-refractivity contribution is 9.09. The van der Waals surface area contributed by atoms with Crippen LogP contribution in [0.15, 0.2) is 11.3 Å². The zero-order chi connectivity index (χ0) is 15.7. The fraction of sp³-hybridized carbons (Fsp3) is 0.647. The molecule has 2 aliphatic rings. The van der Waals surface area contributed by atoms with Gasteiger partial charge in [0.05, 0.1) is 11.9 Å². The summed E-state index contributed by atoms with van der Waals surface area (Å²) in [4.78, 5) is 13.6. The number of fused-ring (bicyclic) bond motifs is 2. The van der Waals surface area contributed by atoms with Crippen molar-refractivity contribution in [3.05, 3.63) is 22.7 Å². The quantitative estimate of drug-likeness (QED) is 0.304. The second kappa shape index (κ2) is 9.64. The van der Waals surface area contributed by atoms with E-state index in [0.717, 1.165) is 17.5 Å². The summed E-state index contributed by atoms with van der Waals surface area (Å²) in [6.45, 7) is 10.5. The minimum Gasteiger partial charge on any atom is -0.453 e. The third-order valence-corrected chi connectivity index (χ3v) is 4.22. The van der Waals surface area contributed by atoms with Gasteiger partial charge in [0.25, 0.3) is 0 Å². The molecule has 0 amide bonds. The fourth-order valence-electron chi connectivity index (χ4n) is 2.94. The van der Waals surface area contributed by atoms with Gasteiger partial charge < -0.3 is 4.74 Å². The van der Waals surface area contributed by atoms with Gasteiger partial charge in [0.2, 0.25) is 0 Å². The number of allylic oxidation sites excluding steroid dienone is 2. The van der Waals surface area contributed by atoms with E-state index in [1.807, 2.05) is 6.92 Å². The molecule has 4 heteroatoms. The first-order valence-corrected chi connectivity index (χ1v) is 8.40. The molecule has 2 atom stereocenters. The first-order valence-electron chi connectivity index (χ1n) is 7.28. The summed E-state index contributed by atoms with van der Waals surface area (Å²) < 4.78 is 4.51. The van der Waals surface area contributed by atoms with E-state index >= 15 is 0 Å². The first-order chi connectivity index (χ1) is 10.1. The van der Waals surface area contributed by atoms with Crippen LogP contribution in [0, 0.1) is 30.2 Å². The smallest absolute Gasteiger partial charge is 0.303 e. The Morgan fingerprint density at radius 1 is 1.33 bits per heavy atom. The SMILES string of the molecule is CC(=O)OCC#CCBr.[C-]#[N+]C(C)=C1CC2CCC(C1)C2. The van der Waals surface area contributed by atoms with Crippen molar-refractivity contribution in [3.63, 3.8) is 0 Å². The molecule has 0 saturated heterocycles. The molecule has 2 rings (SSSR count). The summed E-state index contributed by atoms with van der Waals surface area (Å²) in [6.07, 6.45) is 6.73. The molecule has 0 aromatic rings. The Morgan fingerprint density at radius 3 is 2.43 bits per heavy atom. The van der Waals surface area contributed by atoms with Crippen LogP contribution >= 0.6 is 15.9 Å². The normalized spacial score (nSPS) is 22.1. The second-order valence-corrected chi connectivity index (χ2v) is 6.08. The van der Waals surface area contributed by atoms with Crippen LogP contribution in [0.3, 0.4) is 0 Å². The van der Waals surface area contributed by atoms with Crippen molar-refractivity contribution in [2.45, 2.75) is 46.0 Å². The summed E-state index contributed by atoms with van der Waals surface area (Å²) in [7, 11) is 0. The van der Waals surface area contributed by atoms with Gasteiger partial charge in [0.1, 0.15) is 0 Å². The molecule has 0 aliphatic heterocycles. The van der Waals surface area contributed by atoms with Gasteiger partial charge in [-0.3, -0.25) is 4.79 Å². The molecule has 2 aliphatic carbocycles. The molecular formula is C17H22BrNO2. The first kappa shape index (κ1) is 17.8. The average Bonchev–Trinajstić information content (AvgIpc) is 2.81. The molecule has 2 bridgehead atoms. The molecule has 21 heavy (non-hydrogen) atoms. The highest BCUT2D eigenvalue weighted by Gasteiger charge is 2.31. The van der Waals surface area contributed by atoms with Crippen LogP contribution in [0.2, 0.25) is 0 Å². The van der Waals surface area contributed by atoms with Crippen LogP contribution in [0.5, 0.6) is 0 Å². The third kappa shape index (κ3) is 6.82. The fourth-order valence-corrected chi connectivity index (χ4v) is 3.14. The maximum absolute atomic E-state index is 10.1. The molecule has 0 N–H and O–H groups in total. The number of hydrogen-bond donors (Lipinski definition) is 0. The summed E-state index contributed by atoms with van der Waals surface area (Å²) in [6, 6.07) is 0. The van der Waals surface area contributed by atoms with Gasteiger partial charge in [0.15, 0.2) is 12.3 Å². The number of esters is 1. The van der Waals surface area contributed by atoms with Gasteiger partial charge in [0, 0.05) is 6.92 Å².